The fraction of sp³-hybridized carbons (Fsp3) is 0.789. The minimum absolute atomic E-state index is 0.374. The maximum atomic E-state index is 4.12. The van der Waals surface area contributed by atoms with Crippen molar-refractivity contribution in [2.75, 3.05) is 0 Å². The van der Waals surface area contributed by atoms with Gasteiger partial charge in [-0.25, -0.2) is 12.4 Å². The molecule has 0 bridgehead atoms. The zero-order valence-electron chi connectivity index (χ0n) is 17.2. The van der Waals surface area contributed by atoms with Gasteiger partial charge in [-0.3, -0.25) is 0 Å². The molecule has 3 nitrogen and oxygen atoms in total. The number of unbranched alkanes of at least 4 members (excludes halogenated alkanes) is 2. The molecule has 0 aromatic heterocycles. The van der Waals surface area contributed by atoms with Crippen LogP contribution in [-0.2, 0) is 19.6 Å². The van der Waals surface area contributed by atoms with Crippen molar-refractivity contribution in [3.63, 3.8) is 0 Å². The van der Waals surface area contributed by atoms with Crippen molar-refractivity contribution in [2.24, 2.45) is 3.50 Å². The maximum Gasteiger partial charge on any atom is -0.0925 e. The van der Waals surface area contributed by atoms with Crippen LogP contribution in [0.1, 0.15) is 82.1 Å². The first kappa shape index (κ1) is 30.7. The van der Waals surface area contributed by atoms with Crippen molar-refractivity contribution >= 4 is 0 Å². The average Bonchev–Trinajstić information content (AvgIpc) is 2.52. The first-order chi connectivity index (χ1) is 10.7. The van der Waals surface area contributed by atoms with Crippen LogP contribution in [0, 0.1) is 12.8 Å². The summed E-state index contributed by atoms with van der Waals surface area (Å²) in [5.74, 6) is 0. The van der Waals surface area contributed by atoms with Gasteiger partial charge in [-0.15, -0.1) is 12.1 Å². The molecule has 0 spiro atoms. The van der Waals surface area contributed by atoms with Crippen LogP contribution in [0.15, 0.2) is 15.9 Å². The van der Waals surface area contributed by atoms with E-state index in [4.69, 9.17) is 0 Å². The summed E-state index contributed by atoms with van der Waals surface area (Å²) in [6.45, 7) is 20.7. The van der Waals surface area contributed by atoms with E-state index in [1.54, 1.807) is 12.4 Å². The molecule has 0 fully saturated rings. The van der Waals surface area contributed by atoms with Crippen LogP contribution in [0.3, 0.4) is 0 Å². The Labute approximate surface area is 159 Å². The average molecular weight is 495 g/mol. The van der Waals surface area contributed by atoms with Gasteiger partial charge < -0.3 is 23.5 Å². The number of hydrogen-bond donors (Lipinski definition) is 0. The second-order valence-corrected chi connectivity index (χ2v) is 6.37. The molecule has 0 aliphatic rings. The van der Waals surface area contributed by atoms with Gasteiger partial charge in [0, 0.05) is 0 Å². The van der Waals surface area contributed by atoms with Gasteiger partial charge in [0.25, 0.3) is 0 Å². The van der Waals surface area contributed by atoms with Crippen LogP contribution >= 0.6 is 0 Å². The third-order valence-electron chi connectivity index (χ3n) is 1.86. The largest absolute Gasteiger partial charge is 0.332 e. The molecule has 0 unspecified atom stereocenters. The van der Waals surface area contributed by atoms with E-state index in [2.05, 4.69) is 68.5 Å². The molecule has 23 heavy (non-hydrogen) atoms. The van der Waals surface area contributed by atoms with Gasteiger partial charge in [0.1, 0.15) is 0 Å². The van der Waals surface area contributed by atoms with Crippen LogP contribution in [0.4, 0.5) is 0 Å². The molecule has 0 saturated heterocycles. The summed E-state index contributed by atoms with van der Waals surface area (Å²) in [5, 5.41) is 8.24. The molecule has 4 heteroatoms. The minimum Gasteiger partial charge on any atom is -0.332 e. The topological polar surface area (TPSA) is 40.6 Å². The summed E-state index contributed by atoms with van der Waals surface area (Å²) in [7, 11) is 0. The van der Waals surface area contributed by atoms with Crippen LogP contribution in [0.25, 0.3) is 10.6 Å². The summed E-state index contributed by atoms with van der Waals surface area (Å²) in [6, 6.07) is 1.29. The van der Waals surface area contributed by atoms with E-state index in [-0.39, 0.29) is 0 Å². The van der Waals surface area contributed by atoms with E-state index in [0.717, 1.165) is 0 Å². The van der Waals surface area contributed by atoms with E-state index < -0.39 is 0 Å². The Morgan fingerprint density at radius 1 is 0.826 bits per heavy atom. The van der Waals surface area contributed by atoms with Crippen molar-refractivity contribution in [1.82, 2.24) is 0 Å². The molecule has 0 aliphatic carbocycles. The van der Waals surface area contributed by atoms with Gasteiger partial charge in [0.2, 0.25) is 0 Å². The van der Waals surface area contributed by atoms with E-state index in [9.17, 15) is 0 Å². The monoisotopic (exact) mass is 495 g/mol. The normalized spacial score (nSPS) is 9.43. The van der Waals surface area contributed by atoms with Crippen LogP contribution in [0.5, 0.6) is 0 Å². The Morgan fingerprint density at radius 2 is 1.04 bits per heavy atom. The third kappa shape index (κ3) is 73.2. The van der Waals surface area contributed by atoms with Crippen LogP contribution in [0.2, 0.25) is 0 Å². The van der Waals surface area contributed by atoms with Crippen molar-refractivity contribution < 1.29 is 19.6 Å². The van der Waals surface area contributed by atoms with E-state index in [0.29, 0.717) is 18.1 Å². The number of rotatable bonds is 7. The Morgan fingerprint density at radius 3 is 1.13 bits per heavy atom. The molecule has 142 valence electrons. The summed E-state index contributed by atoms with van der Waals surface area (Å²) in [5.41, 5.74) is 0. The molecular weight excluding hydrogens is 454 g/mol. The summed E-state index contributed by atoms with van der Waals surface area (Å²) in [4.78, 5) is 0. The second kappa shape index (κ2) is 29.8. The smallest absolute Gasteiger partial charge is 0.0925 e. The Bertz CT molecular complexity index is 195. The molecule has 0 saturated carbocycles. The fourth-order valence-electron chi connectivity index (χ4n) is 0.421. The molecular formula is C19H41N3W-4. The summed E-state index contributed by atoms with van der Waals surface area (Å²) < 4.78 is 3.97. The molecule has 0 N–H and O–H groups in total. The van der Waals surface area contributed by atoms with Gasteiger partial charge in [0.15, 0.2) is 0 Å². The Balaban J connectivity index is -0.000000117. The molecule has 0 aromatic carbocycles. The third-order valence-corrected chi connectivity index (χ3v) is 3.38. The van der Waals surface area contributed by atoms with Crippen molar-refractivity contribution in [2.45, 2.75) is 100 Å². The molecule has 0 heterocycles. The quantitative estimate of drug-likeness (QED) is 0.331. The van der Waals surface area contributed by atoms with E-state index in [1.165, 1.54) is 32.5 Å². The molecule has 0 rings (SSSR count). The first-order valence-corrected chi connectivity index (χ1v) is 9.97. The number of nitrogens with zero attached hydrogens (tertiary/aromatic N) is 3. The fourth-order valence-corrected chi connectivity index (χ4v) is 0.421. The molecule has 0 aromatic rings. The zero-order valence-corrected chi connectivity index (χ0v) is 20.1. The number of hydrogen-bond acceptors (Lipinski definition) is 1. The predicted molar refractivity (Wildman–Crippen MR) is 104 cm³/mol. The maximum absolute atomic E-state index is 4.12. The standard InChI is InChI=1S/C8H16N2.2C4H9.C3H7N.W/c1-7(2)9-5-6-10-8(3)4;2*1-3-4-2;1-3(2)4;/h5-8H,1-4H3;2*3H,4H2,1-2H3;3H,1-2H3;/q-2;2*-1;;/b6-5-;;;;. The first-order valence-electron chi connectivity index (χ1n) is 8.66. The summed E-state index contributed by atoms with van der Waals surface area (Å²) >= 11 is 1.33. The Kier molecular flexibility index (Phi) is 39.7. The van der Waals surface area contributed by atoms with Gasteiger partial charge in [0.05, 0.1) is 0 Å². The Hall–Kier alpha value is -0.172. The molecule has 0 radical (unpaired) electrons. The van der Waals surface area contributed by atoms with Crippen molar-refractivity contribution in [1.29, 1.82) is 0 Å². The molecule has 0 aliphatic heterocycles. The van der Waals surface area contributed by atoms with Gasteiger partial charge in [-0.05, 0) is 0 Å². The summed E-state index contributed by atoms with van der Waals surface area (Å²) in [6.07, 6.45) is 10.1. The van der Waals surface area contributed by atoms with Crippen LogP contribution in [-0.4, -0.2) is 18.1 Å². The van der Waals surface area contributed by atoms with Crippen LogP contribution < -0.4 is 0 Å². The zero-order chi connectivity index (χ0) is 19.1. The van der Waals surface area contributed by atoms with E-state index >= 15 is 0 Å². The predicted octanol–water partition coefficient (Wildman–Crippen LogP) is 7.39. The molecule has 0 amide bonds. The molecule has 0 atom stereocenters. The van der Waals surface area contributed by atoms with Gasteiger partial charge in [-0.2, -0.15) is 26.7 Å². The second-order valence-electron chi connectivity index (χ2n) is 5.62. The van der Waals surface area contributed by atoms with Gasteiger partial charge >= 0.3 is 43.0 Å². The van der Waals surface area contributed by atoms with Gasteiger partial charge in [-0.1, -0.05) is 41.5 Å². The van der Waals surface area contributed by atoms with E-state index in [1.807, 2.05) is 27.7 Å². The minimum atomic E-state index is 0.374. The SMILES string of the molecule is CC(C)[N-]/C=C\[N-]C(C)C.CC(C)[N]=[W].C[CH-]CC.C[CH-]CC. The van der Waals surface area contributed by atoms with Crippen molar-refractivity contribution in [3.05, 3.63) is 35.9 Å². The van der Waals surface area contributed by atoms with Crippen molar-refractivity contribution in [3.8, 4) is 0 Å².